The van der Waals surface area contributed by atoms with Crippen molar-refractivity contribution >= 4 is 11.4 Å². The fourth-order valence-electron chi connectivity index (χ4n) is 3.05. The van der Waals surface area contributed by atoms with Crippen LogP contribution in [0.2, 0.25) is 0 Å². The van der Waals surface area contributed by atoms with Gasteiger partial charge in [0, 0.05) is 39.2 Å². The Morgan fingerprint density at radius 1 is 0.971 bits per heavy atom. The summed E-state index contributed by atoms with van der Waals surface area (Å²) in [5.41, 5.74) is 12.6. The summed E-state index contributed by atoms with van der Waals surface area (Å²) in [5, 5.41) is 4.51. The van der Waals surface area contributed by atoms with E-state index in [0.29, 0.717) is 17.4 Å². The molecule has 0 aliphatic heterocycles. The van der Waals surface area contributed by atoms with E-state index in [1.807, 2.05) is 43.3 Å². The first kappa shape index (κ1) is 28.9. The van der Waals surface area contributed by atoms with Crippen molar-refractivity contribution in [2.24, 2.45) is 0 Å². The number of benzene rings is 1. The Balaban J connectivity index is 0.000000655. The first-order chi connectivity index (χ1) is 16.0. The van der Waals surface area contributed by atoms with E-state index >= 15 is 0 Å². The molecule has 1 aliphatic carbocycles. The molecular weight excluding hydrogens is 788 g/mol. The van der Waals surface area contributed by atoms with Crippen molar-refractivity contribution in [3.8, 4) is 22.4 Å². The van der Waals surface area contributed by atoms with Gasteiger partial charge in [-0.05, 0) is 41.8 Å². The fraction of sp³-hybridized carbons (Fsp3) is 0.192. The van der Waals surface area contributed by atoms with Gasteiger partial charge in [0.2, 0.25) is 0 Å². The zero-order valence-electron chi connectivity index (χ0n) is 18.9. The molecule has 4 aromatic rings. The molecule has 0 bridgehead atoms. The summed E-state index contributed by atoms with van der Waals surface area (Å²) in [6, 6.07) is 16.6. The van der Waals surface area contributed by atoms with Crippen LogP contribution in [-0.2, 0) is 42.1 Å². The molecule has 3 aromatic heterocycles. The zero-order valence-corrected chi connectivity index (χ0v) is 24.7. The molecule has 0 amide bonds. The Labute approximate surface area is 232 Å². The summed E-state index contributed by atoms with van der Waals surface area (Å²) < 4.78 is 25.3. The van der Waals surface area contributed by atoms with E-state index in [9.17, 15) is 8.78 Å². The standard InChI is InChI=1S/C23H16F2N4.C3H6N.2W/c1-15-2-3-18(29-19-4-5-21(23(24)25)28-14-19)13-20(15)17-8-11-27-22(12-17)16-6-9-26-10-7-16;4-3-1-2-3;;/h2-9,11-14,23H,1H3;3-4H,1-2H2;;/q-2;-1;;+2. The Bertz CT molecular complexity index is 1200. The second-order valence-corrected chi connectivity index (χ2v) is 7.73. The van der Waals surface area contributed by atoms with Crippen molar-refractivity contribution < 1.29 is 50.9 Å². The molecule has 0 atom stereocenters. The minimum atomic E-state index is -2.59. The van der Waals surface area contributed by atoms with Gasteiger partial charge in [-0.15, -0.1) is 35.1 Å². The van der Waals surface area contributed by atoms with Gasteiger partial charge < -0.3 is 16.0 Å². The van der Waals surface area contributed by atoms with Crippen LogP contribution >= 0.6 is 0 Å². The molecule has 178 valence electrons. The molecule has 1 aliphatic rings. The molecule has 0 spiro atoms. The third-order valence-corrected chi connectivity index (χ3v) is 5.04. The molecule has 0 unspecified atom stereocenters. The summed E-state index contributed by atoms with van der Waals surface area (Å²) in [6.07, 6.45) is 7.34. The minimum Gasteiger partial charge on any atom is -0.675 e. The normalized spacial score (nSPS) is 12.0. The Kier molecular flexibility index (Phi) is 11.3. The van der Waals surface area contributed by atoms with Crippen LogP contribution in [0.1, 0.15) is 30.5 Å². The van der Waals surface area contributed by atoms with Crippen LogP contribution < -0.4 is 0 Å². The van der Waals surface area contributed by atoms with Crippen molar-refractivity contribution in [3.63, 3.8) is 0 Å². The van der Waals surface area contributed by atoms with Crippen LogP contribution in [-0.4, -0.2) is 21.0 Å². The largest absolute Gasteiger partial charge is 2.00 e. The van der Waals surface area contributed by atoms with Gasteiger partial charge in [0.05, 0.1) is 0 Å². The number of hydrogen-bond acceptors (Lipinski definition) is 3. The van der Waals surface area contributed by atoms with E-state index < -0.39 is 6.43 Å². The molecule has 1 aromatic carbocycles. The van der Waals surface area contributed by atoms with Crippen molar-refractivity contribution in [2.75, 3.05) is 0 Å². The first-order valence-electron chi connectivity index (χ1n) is 10.6. The van der Waals surface area contributed by atoms with Crippen LogP contribution in [0.15, 0.2) is 73.2 Å². The van der Waals surface area contributed by atoms with E-state index in [1.165, 1.54) is 12.3 Å². The van der Waals surface area contributed by atoms with Crippen LogP contribution in [0.4, 0.5) is 20.2 Å². The third-order valence-electron chi connectivity index (χ3n) is 5.04. The summed E-state index contributed by atoms with van der Waals surface area (Å²) in [5.74, 6) is 0. The van der Waals surface area contributed by atoms with Crippen LogP contribution in [0.25, 0.3) is 33.4 Å². The third kappa shape index (κ3) is 8.38. The van der Waals surface area contributed by atoms with Gasteiger partial charge in [-0.1, -0.05) is 49.5 Å². The SMILES string of the molecule is Cc1ccc([N-]c2ccc(C(F)F)nc2)cc1-c1ccnc(-c2c[c-]ncc2)c1.[NH-]C1CC1.[W+2].[W]. The molecule has 1 N–H and O–H groups in total. The first-order valence-corrected chi connectivity index (χ1v) is 10.6. The number of alkyl halides is 2. The van der Waals surface area contributed by atoms with E-state index in [2.05, 4.69) is 26.5 Å². The van der Waals surface area contributed by atoms with Gasteiger partial charge in [0.25, 0.3) is 6.43 Å². The van der Waals surface area contributed by atoms with E-state index in [-0.39, 0.29) is 47.8 Å². The molecule has 5 rings (SSSR count). The van der Waals surface area contributed by atoms with Crippen molar-refractivity contribution in [1.82, 2.24) is 15.0 Å². The van der Waals surface area contributed by atoms with Gasteiger partial charge >= 0.3 is 21.1 Å². The Hall–Kier alpha value is -2.33. The predicted octanol–water partition coefficient (Wildman–Crippen LogP) is 7.78. The fourth-order valence-corrected chi connectivity index (χ4v) is 3.05. The van der Waals surface area contributed by atoms with Gasteiger partial charge in [0.15, 0.2) is 0 Å². The monoisotopic (exact) mass is 810 g/mol. The molecule has 1 fully saturated rings. The van der Waals surface area contributed by atoms with E-state index in [0.717, 1.165) is 40.8 Å². The second kappa shape index (κ2) is 13.7. The number of pyridine rings is 3. The molecule has 1 saturated carbocycles. The summed E-state index contributed by atoms with van der Waals surface area (Å²) in [7, 11) is 0. The van der Waals surface area contributed by atoms with Gasteiger partial charge in [0.1, 0.15) is 5.69 Å². The van der Waals surface area contributed by atoms with Crippen LogP contribution in [0, 0.1) is 13.1 Å². The van der Waals surface area contributed by atoms with Crippen LogP contribution in [0.5, 0.6) is 0 Å². The molecule has 5 nitrogen and oxygen atoms in total. The number of rotatable bonds is 5. The van der Waals surface area contributed by atoms with Crippen LogP contribution in [0.3, 0.4) is 0 Å². The van der Waals surface area contributed by atoms with Crippen molar-refractivity contribution in [1.29, 1.82) is 0 Å². The maximum Gasteiger partial charge on any atom is 2.00 e. The number of aryl methyl sites for hydroxylation is 1. The van der Waals surface area contributed by atoms with Crippen molar-refractivity contribution in [2.45, 2.75) is 32.2 Å². The summed E-state index contributed by atoms with van der Waals surface area (Å²) >= 11 is 0. The Morgan fingerprint density at radius 2 is 1.69 bits per heavy atom. The number of aromatic nitrogens is 3. The number of hydrogen-bond donors (Lipinski definition) is 0. The zero-order chi connectivity index (χ0) is 23.2. The number of nitrogens with one attached hydrogen (secondary N) is 1. The van der Waals surface area contributed by atoms with Gasteiger partial charge in [-0.3, -0.25) is 9.97 Å². The van der Waals surface area contributed by atoms with Gasteiger partial charge in [-0.25, -0.2) is 8.78 Å². The minimum absolute atomic E-state index is 0. The average Bonchev–Trinajstić information content (AvgIpc) is 3.64. The Morgan fingerprint density at radius 3 is 2.29 bits per heavy atom. The smallest absolute Gasteiger partial charge is 0.675 e. The summed E-state index contributed by atoms with van der Waals surface area (Å²) in [6.45, 7) is 2.03. The molecule has 0 saturated heterocycles. The van der Waals surface area contributed by atoms with Gasteiger partial charge in [-0.2, -0.15) is 0 Å². The molecule has 0 radical (unpaired) electrons. The van der Waals surface area contributed by atoms with E-state index in [1.54, 1.807) is 24.5 Å². The molecular formula is C26H22F2N5W2-. The molecule has 9 heteroatoms. The number of halogens is 2. The molecule has 35 heavy (non-hydrogen) atoms. The number of nitrogens with zero attached hydrogens (tertiary/aromatic N) is 4. The van der Waals surface area contributed by atoms with Crippen molar-refractivity contribution in [3.05, 3.63) is 102 Å². The predicted molar refractivity (Wildman–Crippen MR) is 126 cm³/mol. The maximum absolute atomic E-state index is 12.7. The van der Waals surface area contributed by atoms with E-state index in [4.69, 9.17) is 5.73 Å². The summed E-state index contributed by atoms with van der Waals surface area (Å²) in [4.78, 5) is 12.1. The maximum atomic E-state index is 12.7. The average molecular weight is 810 g/mol. The topological polar surface area (TPSA) is 76.6 Å². The second-order valence-electron chi connectivity index (χ2n) is 7.73. The molecule has 3 heterocycles. The quantitative estimate of drug-likeness (QED) is 0.193.